The molecule has 0 aromatic rings. The van der Waals surface area contributed by atoms with Crippen molar-refractivity contribution in [1.82, 2.24) is 5.32 Å². The first-order valence-corrected chi connectivity index (χ1v) is 7.66. The molecule has 0 bridgehead atoms. The Kier molecular flexibility index (Phi) is 8.29. The molecule has 0 spiro atoms. The minimum absolute atomic E-state index is 0.318. The molecule has 0 aromatic heterocycles. The molecule has 0 amide bonds. The van der Waals surface area contributed by atoms with Crippen LogP contribution in [-0.2, 0) is 0 Å². The molecule has 0 radical (unpaired) electrons. The number of hydrogen-bond donors (Lipinski definition) is 3. The van der Waals surface area contributed by atoms with Crippen LogP contribution in [0.1, 0.15) is 32.1 Å². The van der Waals surface area contributed by atoms with Gasteiger partial charge in [0.15, 0.2) is 0 Å². The summed E-state index contributed by atoms with van der Waals surface area (Å²) in [6.45, 7) is 2.23. The van der Waals surface area contributed by atoms with E-state index in [9.17, 15) is 0 Å². The first kappa shape index (κ1) is 14.3. The number of rotatable bonds is 8. The van der Waals surface area contributed by atoms with Crippen molar-refractivity contribution in [2.45, 2.75) is 38.1 Å². The lowest BCUT2D eigenvalue weighted by Gasteiger charge is -2.31. The second kappa shape index (κ2) is 9.28. The Labute approximate surface area is 104 Å². The Balaban J connectivity index is 2.02. The van der Waals surface area contributed by atoms with Gasteiger partial charge in [-0.15, -0.1) is 0 Å². The molecular weight excluding hydrogens is 220 g/mol. The van der Waals surface area contributed by atoms with Crippen molar-refractivity contribution in [1.29, 1.82) is 0 Å². The van der Waals surface area contributed by atoms with Crippen LogP contribution < -0.4 is 11.1 Å². The molecule has 4 N–H and O–H groups in total. The molecule has 96 valence electrons. The van der Waals surface area contributed by atoms with Gasteiger partial charge < -0.3 is 16.2 Å². The van der Waals surface area contributed by atoms with Crippen LogP contribution in [0.15, 0.2) is 0 Å². The SMILES string of the molecule is NCC1CCCCC1NCCSCCCO. The summed E-state index contributed by atoms with van der Waals surface area (Å²) in [5, 5.41) is 12.3. The number of aliphatic hydroxyl groups excluding tert-OH is 1. The van der Waals surface area contributed by atoms with Crippen molar-refractivity contribution in [3.63, 3.8) is 0 Å². The van der Waals surface area contributed by atoms with Crippen molar-refractivity contribution in [2.24, 2.45) is 11.7 Å². The molecule has 1 rings (SSSR count). The van der Waals surface area contributed by atoms with E-state index in [1.54, 1.807) is 0 Å². The van der Waals surface area contributed by atoms with Gasteiger partial charge in [-0.25, -0.2) is 0 Å². The normalized spacial score (nSPS) is 25.9. The van der Waals surface area contributed by atoms with Crippen LogP contribution in [0.3, 0.4) is 0 Å². The summed E-state index contributed by atoms with van der Waals surface area (Å²) in [6, 6.07) is 0.650. The summed E-state index contributed by atoms with van der Waals surface area (Å²) in [4.78, 5) is 0. The third-order valence-corrected chi connectivity index (χ3v) is 4.38. The lowest BCUT2D eigenvalue weighted by Crippen LogP contribution is -2.42. The standard InChI is InChI=1S/C12H26N2OS/c13-10-11-4-1-2-5-12(11)14-6-9-16-8-3-7-15/h11-12,14-15H,1-10,13H2. The Morgan fingerprint density at radius 3 is 2.81 bits per heavy atom. The number of thioether (sulfide) groups is 1. The van der Waals surface area contributed by atoms with Crippen LogP contribution in [0.5, 0.6) is 0 Å². The van der Waals surface area contributed by atoms with Gasteiger partial charge >= 0.3 is 0 Å². The lowest BCUT2D eigenvalue weighted by molar-refractivity contribution is 0.272. The second-order valence-electron chi connectivity index (χ2n) is 4.53. The van der Waals surface area contributed by atoms with Crippen LogP contribution in [0.25, 0.3) is 0 Å². The van der Waals surface area contributed by atoms with Crippen LogP contribution in [0.4, 0.5) is 0 Å². The van der Waals surface area contributed by atoms with E-state index in [0.29, 0.717) is 18.6 Å². The lowest BCUT2D eigenvalue weighted by atomic mass is 9.84. The van der Waals surface area contributed by atoms with Gasteiger partial charge in [0.1, 0.15) is 0 Å². The third-order valence-electron chi connectivity index (χ3n) is 3.31. The molecule has 16 heavy (non-hydrogen) atoms. The first-order valence-electron chi connectivity index (χ1n) is 6.50. The smallest absolute Gasteiger partial charge is 0.0438 e. The predicted molar refractivity (Wildman–Crippen MR) is 71.8 cm³/mol. The van der Waals surface area contributed by atoms with E-state index in [2.05, 4.69) is 5.32 Å². The molecule has 0 aliphatic heterocycles. The molecule has 1 aliphatic rings. The van der Waals surface area contributed by atoms with Crippen molar-refractivity contribution in [2.75, 3.05) is 31.2 Å². The Hall–Kier alpha value is 0.230. The summed E-state index contributed by atoms with van der Waals surface area (Å²) in [5.74, 6) is 2.91. The van der Waals surface area contributed by atoms with Crippen LogP contribution in [0.2, 0.25) is 0 Å². The van der Waals surface area contributed by atoms with Gasteiger partial charge in [-0.3, -0.25) is 0 Å². The highest BCUT2D eigenvalue weighted by atomic mass is 32.2. The molecular formula is C12H26N2OS. The van der Waals surface area contributed by atoms with Crippen molar-refractivity contribution < 1.29 is 5.11 Å². The number of nitrogens with one attached hydrogen (secondary N) is 1. The van der Waals surface area contributed by atoms with Gasteiger partial charge in [-0.2, -0.15) is 11.8 Å². The zero-order chi connectivity index (χ0) is 11.6. The first-order chi connectivity index (χ1) is 7.88. The molecule has 0 heterocycles. The monoisotopic (exact) mass is 246 g/mol. The molecule has 2 atom stereocenters. The van der Waals surface area contributed by atoms with E-state index < -0.39 is 0 Å². The fraction of sp³-hybridized carbons (Fsp3) is 1.00. The third kappa shape index (κ3) is 5.53. The maximum atomic E-state index is 8.65. The van der Waals surface area contributed by atoms with Gasteiger partial charge in [-0.05, 0) is 37.5 Å². The van der Waals surface area contributed by atoms with Crippen molar-refractivity contribution in [3.05, 3.63) is 0 Å². The second-order valence-corrected chi connectivity index (χ2v) is 5.76. The fourth-order valence-electron chi connectivity index (χ4n) is 2.34. The van der Waals surface area contributed by atoms with Gasteiger partial charge in [-0.1, -0.05) is 12.8 Å². The van der Waals surface area contributed by atoms with Crippen LogP contribution in [-0.4, -0.2) is 42.4 Å². The van der Waals surface area contributed by atoms with E-state index in [1.165, 1.54) is 25.7 Å². The van der Waals surface area contributed by atoms with E-state index in [0.717, 1.165) is 31.0 Å². The minimum Gasteiger partial charge on any atom is -0.396 e. The quantitative estimate of drug-likeness (QED) is 0.564. The van der Waals surface area contributed by atoms with Crippen molar-refractivity contribution in [3.8, 4) is 0 Å². The molecule has 0 aromatic carbocycles. The van der Waals surface area contributed by atoms with Crippen LogP contribution in [0, 0.1) is 5.92 Å². The number of hydrogen-bond acceptors (Lipinski definition) is 4. The molecule has 0 saturated heterocycles. The Bertz CT molecular complexity index is 169. The summed E-state index contributed by atoms with van der Waals surface area (Å²) in [5.41, 5.74) is 5.79. The average molecular weight is 246 g/mol. The van der Waals surface area contributed by atoms with E-state index in [1.807, 2.05) is 11.8 Å². The van der Waals surface area contributed by atoms with Crippen molar-refractivity contribution >= 4 is 11.8 Å². The highest BCUT2D eigenvalue weighted by molar-refractivity contribution is 7.99. The van der Waals surface area contributed by atoms with E-state index in [4.69, 9.17) is 10.8 Å². The summed E-state index contributed by atoms with van der Waals surface area (Å²) >= 11 is 1.92. The highest BCUT2D eigenvalue weighted by Crippen LogP contribution is 2.23. The number of nitrogens with two attached hydrogens (primary N) is 1. The fourth-order valence-corrected chi connectivity index (χ4v) is 3.14. The summed E-state index contributed by atoms with van der Waals surface area (Å²) in [7, 11) is 0. The summed E-state index contributed by atoms with van der Waals surface area (Å²) < 4.78 is 0. The maximum Gasteiger partial charge on any atom is 0.0438 e. The Morgan fingerprint density at radius 2 is 2.06 bits per heavy atom. The molecule has 4 heteroatoms. The molecule has 3 nitrogen and oxygen atoms in total. The van der Waals surface area contributed by atoms with E-state index >= 15 is 0 Å². The molecule has 1 fully saturated rings. The van der Waals surface area contributed by atoms with Gasteiger partial charge in [0.05, 0.1) is 0 Å². The zero-order valence-electron chi connectivity index (χ0n) is 10.2. The van der Waals surface area contributed by atoms with Gasteiger partial charge in [0, 0.05) is 24.9 Å². The largest absolute Gasteiger partial charge is 0.396 e. The average Bonchev–Trinajstić information content (AvgIpc) is 2.34. The summed E-state index contributed by atoms with van der Waals surface area (Å²) in [6.07, 6.45) is 6.21. The number of aliphatic hydroxyl groups is 1. The molecule has 1 saturated carbocycles. The van der Waals surface area contributed by atoms with Gasteiger partial charge in [0.25, 0.3) is 0 Å². The topological polar surface area (TPSA) is 58.3 Å². The van der Waals surface area contributed by atoms with E-state index in [-0.39, 0.29) is 0 Å². The highest BCUT2D eigenvalue weighted by Gasteiger charge is 2.22. The molecule has 1 aliphatic carbocycles. The van der Waals surface area contributed by atoms with Gasteiger partial charge in [0.2, 0.25) is 0 Å². The molecule has 2 unspecified atom stereocenters. The zero-order valence-corrected chi connectivity index (χ0v) is 11.0. The van der Waals surface area contributed by atoms with Crippen LogP contribution >= 0.6 is 11.8 Å². The minimum atomic E-state index is 0.318. The Morgan fingerprint density at radius 1 is 1.25 bits per heavy atom. The maximum absolute atomic E-state index is 8.65. The predicted octanol–water partition coefficient (Wildman–Crippen LogP) is 1.21.